The van der Waals surface area contributed by atoms with Gasteiger partial charge in [0.2, 0.25) is 0 Å². The molecule has 3 nitrogen and oxygen atoms in total. The van der Waals surface area contributed by atoms with Crippen molar-refractivity contribution in [3.63, 3.8) is 0 Å². The molecule has 0 N–H and O–H groups in total. The third-order valence-corrected chi connectivity index (χ3v) is 6.85. The third-order valence-electron chi connectivity index (χ3n) is 6.85. The molecule has 1 saturated carbocycles. The molecule has 2 unspecified atom stereocenters. The predicted octanol–water partition coefficient (Wildman–Crippen LogP) is 8.03. The number of hydrogen-bond donors (Lipinski definition) is 0. The summed E-state index contributed by atoms with van der Waals surface area (Å²) in [4.78, 5) is 9.15. The highest BCUT2D eigenvalue weighted by molar-refractivity contribution is 5.55. The number of benzene rings is 1. The molecular formula is C28H42N2O. The lowest BCUT2D eigenvalue weighted by atomic mass is 9.75. The van der Waals surface area contributed by atoms with Crippen molar-refractivity contribution >= 4 is 0 Å². The van der Waals surface area contributed by atoms with Crippen molar-refractivity contribution in [1.29, 1.82) is 0 Å². The summed E-state index contributed by atoms with van der Waals surface area (Å²) in [6.07, 6.45) is 21.1. The maximum absolute atomic E-state index is 6.03. The SMILES string of the molecule is CCCCCCc1cnc(-c2ccc(OCCCC3CCCCC3CCC)cc2)nc1. The van der Waals surface area contributed by atoms with E-state index in [1.807, 2.05) is 12.4 Å². The van der Waals surface area contributed by atoms with Crippen LogP contribution in [0.4, 0.5) is 0 Å². The highest BCUT2D eigenvalue weighted by Gasteiger charge is 2.23. The molecule has 0 bridgehead atoms. The molecule has 1 aliphatic rings. The molecular weight excluding hydrogens is 380 g/mol. The van der Waals surface area contributed by atoms with Crippen LogP contribution in [0, 0.1) is 11.8 Å². The Bertz CT molecular complexity index is 724. The van der Waals surface area contributed by atoms with E-state index in [0.717, 1.165) is 48.4 Å². The smallest absolute Gasteiger partial charge is 0.159 e. The number of ether oxygens (including phenoxy) is 1. The van der Waals surface area contributed by atoms with E-state index < -0.39 is 0 Å². The molecule has 1 fully saturated rings. The summed E-state index contributed by atoms with van der Waals surface area (Å²) >= 11 is 0. The van der Waals surface area contributed by atoms with Crippen molar-refractivity contribution in [2.45, 2.75) is 97.3 Å². The van der Waals surface area contributed by atoms with Gasteiger partial charge in [-0.05, 0) is 67.3 Å². The molecule has 2 atom stereocenters. The molecule has 0 spiro atoms. The second kappa shape index (κ2) is 13.5. The topological polar surface area (TPSA) is 35.0 Å². The van der Waals surface area contributed by atoms with Gasteiger partial charge in [0, 0.05) is 18.0 Å². The van der Waals surface area contributed by atoms with Crippen LogP contribution in [0.15, 0.2) is 36.7 Å². The van der Waals surface area contributed by atoms with Gasteiger partial charge >= 0.3 is 0 Å². The number of rotatable bonds is 13. The monoisotopic (exact) mass is 422 g/mol. The molecule has 1 aliphatic carbocycles. The van der Waals surface area contributed by atoms with E-state index in [9.17, 15) is 0 Å². The summed E-state index contributed by atoms with van der Waals surface area (Å²) in [5.74, 6) is 3.63. The van der Waals surface area contributed by atoms with Crippen LogP contribution in [0.3, 0.4) is 0 Å². The van der Waals surface area contributed by atoms with Gasteiger partial charge in [-0.15, -0.1) is 0 Å². The minimum atomic E-state index is 0.795. The second-order valence-corrected chi connectivity index (χ2v) is 9.33. The molecule has 3 rings (SSSR count). The molecule has 3 heteroatoms. The first-order valence-electron chi connectivity index (χ1n) is 12.8. The molecule has 1 aromatic carbocycles. The Labute approximate surface area is 190 Å². The predicted molar refractivity (Wildman–Crippen MR) is 130 cm³/mol. The van der Waals surface area contributed by atoms with Gasteiger partial charge in [0.15, 0.2) is 5.82 Å². The van der Waals surface area contributed by atoms with Gasteiger partial charge in [-0.3, -0.25) is 0 Å². The number of unbranched alkanes of at least 4 members (excludes halogenated alkanes) is 3. The van der Waals surface area contributed by atoms with Crippen molar-refractivity contribution in [2.24, 2.45) is 11.8 Å². The highest BCUT2D eigenvalue weighted by Crippen LogP contribution is 2.36. The van der Waals surface area contributed by atoms with Gasteiger partial charge in [0.1, 0.15) is 5.75 Å². The molecule has 170 valence electrons. The average Bonchev–Trinajstić information content (AvgIpc) is 2.82. The zero-order valence-electron chi connectivity index (χ0n) is 19.8. The van der Waals surface area contributed by atoms with E-state index in [0.29, 0.717) is 0 Å². The summed E-state index contributed by atoms with van der Waals surface area (Å²) in [5, 5.41) is 0. The van der Waals surface area contributed by atoms with Gasteiger partial charge in [0.25, 0.3) is 0 Å². The third kappa shape index (κ3) is 7.94. The van der Waals surface area contributed by atoms with E-state index in [1.54, 1.807) is 0 Å². The number of aryl methyl sites for hydroxylation is 1. The summed E-state index contributed by atoms with van der Waals surface area (Å²) in [6, 6.07) is 8.25. The highest BCUT2D eigenvalue weighted by atomic mass is 16.5. The first-order valence-corrected chi connectivity index (χ1v) is 12.8. The molecule has 0 saturated heterocycles. The van der Waals surface area contributed by atoms with Crippen LogP contribution in [-0.4, -0.2) is 16.6 Å². The Hall–Kier alpha value is -1.90. The summed E-state index contributed by atoms with van der Waals surface area (Å²) < 4.78 is 6.03. The van der Waals surface area contributed by atoms with Gasteiger partial charge in [-0.25, -0.2) is 9.97 Å². The van der Waals surface area contributed by atoms with Crippen molar-refractivity contribution in [3.8, 4) is 17.1 Å². The second-order valence-electron chi connectivity index (χ2n) is 9.33. The van der Waals surface area contributed by atoms with Crippen LogP contribution >= 0.6 is 0 Å². The van der Waals surface area contributed by atoms with Crippen LogP contribution in [0.5, 0.6) is 5.75 Å². The first kappa shape index (κ1) is 23.8. The van der Waals surface area contributed by atoms with Crippen molar-refractivity contribution in [2.75, 3.05) is 6.61 Å². The Balaban J connectivity index is 1.40. The quantitative estimate of drug-likeness (QED) is 0.306. The lowest BCUT2D eigenvalue weighted by molar-refractivity contribution is 0.193. The Morgan fingerprint density at radius 1 is 0.806 bits per heavy atom. The molecule has 31 heavy (non-hydrogen) atoms. The molecule has 0 aliphatic heterocycles. The Kier molecular flexibility index (Phi) is 10.3. The largest absolute Gasteiger partial charge is 0.494 e. The number of hydrogen-bond acceptors (Lipinski definition) is 3. The van der Waals surface area contributed by atoms with Crippen LogP contribution in [-0.2, 0) is 6.42 Å². The van der Waals surface area contributed by atoms with Crippen molar-refractivity contribution < 1.29 is 4.74 Å². The van der Waals surface area contributed by atoms with Crippen molar-refractivity contribution in [1.82, 2.24) is 9.97 Å². The number of aromatic nitrogens is 2. The maximum atomic E-state index is 6.03. The number of nitrogens with zero attached hydrogens (tertiary/aromatic N) is 2. The van der Waals surface area contributed by atoms with E-state index in [4.69, 9.17) is 4.74 Å². The zero-order chi connectivity index (χ0) is 21.7. The summed E-state index contributed by atoms with van der Waals surface area (Å²) in [7, 11) is 0. The fourth-order valence-corrected chi connectivity index (χ4v) is 5.04. The van der Waals surface area contributed by atoms with Gasteiger partial charge in [-0.1, -0.05) is 71.6 Å². The minimum Gasteiger partial charge on any atom is -0.494 e. The summed E-state index contributed by atoms with van der Waals surface area (Å²) in [6.45, 7) is 5.39. The standard InChI is InChI=1S/C28H42N2O/c1-3-5-6-7-12-23-21-29-28(30-22-23)26-16-18-27(19-17-26)31-20-10-15-25-14-9-8-13-24(25)11-4-2/h16-19,21-22,24-25H,3-15,20H2,1-2H3. The summed E-state index contributed by atoms with van der Waals surface area (Å²) in [5.41, 5.74) is 2.29. The molecule has 0 amide bonds. The normalized spacial score (nSPS) is 18.8. The maximum Gasteiger partial charge on any atom is 0.159 e. The van der Waals surface area contributed by atoms with E-state index in [2.05, 4.69) is 48.1 Å². The van der Waals surface area contributed by atoms with E-state index >= 15 is 0 Å². The molecule has 1 heterocycles. The van der Waals surface area contributed by atoms with Crippen molar-refractivity contribution in [3.05, 3.63) is 42.2 Å². The van der Waals surface area contributed by atoms with Gasteiger partial charge in [0.05, 0.1) is 6.61 Å². The first-order chi connectivity index (χ1) is 15.3. The lowest BCUT2D eigenvalue weighted by Crippen LogP contribution is -2.20. The molecule has 2 aromatic rings. The van der Waals surface area contributed by atoms with Crippen LogP contribution in [0.25, 0.3) is 11.4 Å². The minimum absolute atomic E-state index is 0.795. The Morgan fingerprint density at radius 3 is 2.19 bits per heavy atom. The van der Waals surface area contributed by atoms with Gasteiger partial charge in [-0.2, -0.15) is 0 Å². The fourth-order valence-electron chi connectivity index (χ4n) is 5.04. The lowest BCUT2D eigenvalue weighted by Gasteiger charge is -2.31. The average molecular weight is 423 g/mol. The Morgan fingerprint density at radius 2 is 1.52 bits per heavy atom. The zero-order valence-corrected chi connectivity index (χ0v) is 19.8. The van der Waals surface area contributed by atoms with Crippen LogP contribution < -0.4 is 4.74 Å². The van der Waals surface area contributed by atoms with Crippen LogP contribution in [0.2, 0.25) is 0 Å². The van der Waals surface area contributed by atoms with E-state index in [1.165, 1.54) is 76.2 Å². The fraction of sp³-hybridized carbons (Fsp3) is 0.643. The molecule has 0 radical (unpaired) electrons. The molecule has 1 aromatic heterocycles. The van der Waals surface area contributed by atoms with E-state index in [-0.39, 0.29) is 0 Å². The van der Waals surface area contributed by atoms with Gasteiger partial charge < -0.3 is 4.74 Å². The van der Waals surface area contributed by atoms with Crippen LogP contribution in [0.1, 0.15) is 96.5 Å².